The Morgan fingerprint density at radius 2 is 2.33 bits per heavy atom. The first-order valence-electron chi connectivity index (χ1n) is 4.79. The molecule has 2 atom stereocenters. The highest BCUT2D eigenvalue weighted by Crippen LogP contribution is 1.89. The Morgan fingerprint density at radius 1 is 1.67 bits per heavy atom. The average Bonchev–Trinajstić information content (AvgIpc) is 2.25. The van der Waals surface area contributed by atoms with Gasteiger partial charge in [-0.05, 0) is 6.92 Å². The van der Waals surface area contributed by atoms with Crippen molar-refractivity contribution < 1.29 is 19.4 Å². The Kier molecular flexibility index (Phi) is 7.89. The number of methoxy groups -OCH3 is 1. The van der Waals surface area contributed by atoms with Crippen molar-refractivity contribution in [1.29, 1.82) is 0 Å². The molecule has 2 N–H and O–H groups in total. The van der Waals surface area contributed by atoms with Gasteiger partial charge >= 0.3 is 5.97 Å². The van der Waals surface area contributed by atoms with Crippen LogP contribution in [-0.4, -0.2) is 50.1 Å². The molecule has 0 aromatic heterocycles. The Morgan fingerprint density at radius 3 is 2.87 bits per heavy atom. The predicted octanol–water partition coefficient (Wildman–Crippen LogP) is -0.299. The number of carbonyl (C=O) groups is 1. The molecule has 15 heavy (non-hydrogen) atoms. The minimum atomic E-state index is -0.642. The zero-order chi connectivity index (χ0) is 11.7. The molecule has 1 unspecified atom stereocenters. The molecule has 0 fully saturated rings. The first-order chi connectivity index (χ1) is 7.11. The second kappa shape index (κ2) is 8.40. The van der Waals surface area contributed by atoms with Gasteiger partial charge in [-0.1, -0.05) is 6.08 Å². The van der Waals surface area contributed by atoms with Crippen molar-refractivity contribution in [3.8, 4) is 0 Å². The van der Waals surface area contributed by atoms with Crippen LogP contribution < -0.4 is 5.32 Å². The quantitative estimate of drug-likeness (QED) is 0.332. The van der Waals surface area contributed by atoms with Crippen LogP contribution in [0.5, 0.6) is 0 Å². The smallest absolute Gasteiger partial charge is 0.322 e. The summed E-state index contributed by atoms with van der Waals surface area (Å²) in [5.41, 5.74) is 0. The van der Waals surface area contributed by atoms with Gasteiger partial charge in [-0.15, -0.1) is 6.58 Å². The minimum absolute atomic E-state index is 0.215. The number of nitrogens with one attached hydrogen (secondary N) is 1. The zero-order valence-corrected chi connectivity index (χ0v) is 9.23. The van der Waals surface area contributed by atoms with Gasteiger partial charge in [-0.3, -0.25) is 4.79 Å². The summed E-state index contributed by atoms with van der Waals surface area (Å²) in [6.45, 7) is 6.06. The summed E-state index contributed by atoms with van der Waals surface area (Å²) in [6.07, 6.45) is 0.967. The number of rotatable bonds is 8. The minimum Gasteiger partial charge on any atom is -0.468 e. The molecule has 0 radical (unpaired) electrons. The van der Waals surface area contributed by atoms with Crippen LogP contribution in [-0.2, 0) is 14.3 Å². The van der Waals surface area contributed by atoms with E-state index >= 15 is 0 Å². The number of aliphatic hydroxyl groups is 1. The number of hydrogen-bond acceptors (Lipinski definition) is 5. The third-order valence-electron chi connectivity index (χ3n) is 1.76. The van der Waals surface area contributed by atoms with Crippen molar-refractivity contribution in [2.45, 2.75) is 19.1 Å². The molecule has 0 aliphatic carbocycles. The van der Waals surface area contributed by atoms with E-state index in [0.717, 1.165) is 0 Å². The lowest BCUT2D eigenvalue weighted by atomic mass is 10.3. The molecular weight excluding hydrogens is 198 g/mol. The Bertz CT molecular complexity index is 196. The molecule has 5 nitrogen and oxygen atoms in total. The first-order valence-corrected chi connectivity index (χ1v) is 4.79. The lowest BCUT2D eigenvalue weighted by molar-refractivity contribution is -0.142. The topological polar surface area (TPSA) is 67.8 Å². The van der Waals surface area contributed by atoms with E-state index in [2.05, 4.69) is 16.6 Å². The molecule has 5 heteroatoms. The lowest BCUT2D eigenvalue weighted by Gasteiger charge is -2.15. The molecular formula is C10H19NO4. The zero-order valence-electron chi connectivity index (χ0n) is 9.23. The van der Waals surface area contributed by atoms with Crippen molar-refractivity contribution in [1.82, 2.24) is 5.32 Å². The Labute approximate surface area is 90.1 Å². The third-order valence-corrected chi connectivity index (χ3v) is 1.76. The van der Waals surface area contributed by atoms with Crippen molar-refractivity contribution in [3.05, 3.63) is 12.7 Å². The van der Waals surface area contributed by atoms with Crippen LogP contribution in [0.25, 0.3) is 0 Å². The number of ether oxygens (including phenoxy) is 2. The van der Waals surface area contributed by atoms with Crippen LogP contribution in [0, 0.1) is 0 Å². The maximum absolute atomic E-state index is 11.0. The summed E-state index contributed by atoms with van der Waals surface area (Å²) in [6, 6.07) is -0.427. The maximum atomic E-state index is 11.0. The van der Waals surface area contributed by atoms with Gasteiger partial charge in [-0.2, -0.15) is 0 Å². The molecule has 0 rings (SSSR count). The summed E-state index contributed by atoms with van der Waals surface area (Å²) in [7, 11) is 1.32. The monoisotopic (exact) mass is 217 g/mol. The molecule has 0 bridgehead atoms. The maximum Gasteiger partial charge on any atom is 0.322 e. The third kappa shape index (κ3) is 7.07. The summed E-state index contributed by atoms with van der Waals surface area (Å²) in [5, 5.41) is 12.2. The van der Waals surface area contributed by atoms with Gasteiger partial charge in [0.15, 0.2) is 0 Å². The summed E-state index contributed by atoms with van der Waals surface area (Å²) >= 11 is 0. The molecule has 0 aromatic rings. The van der Waals surface area contributed by atoms with E-state index in [4.69, 9.17) is 4.74 Å². The van der Waals surface area contributed by atoms with Gasteiger partial charge in [0.2, 0.25) is 0 Å². The predicted molar refractivity (Wildman–Crippen MR) is 56.5 cm³/mol. The van der Waals surface area contributed by atoms with E-state index in [1.165, 1.54) is 7.11 Å². The van der Waals surface area contributed by atoms with Crippen LogP contribution in [0.15, 0.2) is 12.7 Å². The number of carbonyl (C=O) groups excluding carboxylic acids is 1. The van der Waals surface area contributed by atoms with Crippen molar-refractivity contribution in [2.24, 2.45) is 0 Å². The molecule has 0 saturated heterocycles. The van der Waals surface area contributed by atoms with E-state index in [-0.39, 0.29) is 19.1 Å². The molecule has 0 aliphatic rings. The summed E-state index contributed by atoms with van der Waals surface area (Å²) < 4.78 is 9.55. The Balaban J connectivity index is 3.56. The highest BCUT2D eigenvalue weighted by Gasteiger charge is 2.13. The lowest BCUT2D eigenvalue weighted by Crippen LogP contribution is -2.40. The molecule has 0 saturated carbocycles. The second-order valence-electron chi connectivity index (χ2n) is 3.13. The average molecular weight is 217 g/mol. The van der Waals surface area contributed by atoms with Gasteiger partial charge in [-0.25, -0.2) is 0 Å². The van der Waals surface area contributed by atoms with Crippen molar-refractivity contribution >= 4 is 5.97 Å². The van der Waals surface area contributed by atoms with Crippen molar-refractivity contribution in [2.75, 3.05) is 26.9 Å². The highest BCUT2D eigenvalue weighted by atomic mass is 16.5. The van der Waals surface area contributed by atoms with Gasteiger partial charge in [0.1, 0.15) is 6.04 Å². The van der Waals surface area contributed by atoms with Crippen LogP contribution in [0.4, 0.5) is 0 Å². The number of esters is 1. The Hall–Kier alpha value is -0.910. The van der Waals surface area contributed by atoms with Gasteiger partial charge < -0.3 is 19.9 Å². The van der Waals surface area contributed by atoms with Gasteiger partial charge in [0.25, 0.3) is 0 Å². The number of hydrogen-bond donors (Lipinski definition) is 2. The van der Waals surface area contributed by atoms with E-state index in [9.17, 15) is 9.90 Å². The SMILES string of the molecule is C=CCOCC(O)CN[C@@H](C)C(=O)OC. The molecule has 0 amide bonds. The summed E-state index contributed by atoms with van der Waals surface area (Å²) in [5.74, 6) is -0.353. The van der Waals surface area contributed by atoms with Crippen molar-refractivity contribution in [3.63, 3.8) is 0 Å². The second-order valence-corrected chi connectivity index (χ2v) is 3.13. The van der Waals surface area contributed by atoms with Crippen LogP contribution in [0.2, 0.25) is 0 Å². The highest BCUT2D eigenvalue weighted by molar-refractivity contribution is 5.75. The van der Waals surface area contributed by atoms with Crippen LogP contribution >= 0.6 is 0 Å². The first kappa shape index (κ1) is 14.1. The van der Waals surface area contributed by atoms with E-state index in [1.807, 2.05) is 0 Å². The van der Waals surface area contributed by atoms with E-state index in [1.54, 1.807) is 13.0 Å². The largest absolute Gasteiger partial charge is 0.468 e. The molecule has 0 aromatic carbocycles. The van der Waals surface area contributed by atoms with E-state index < -0.39 is 12.1 Å². The van der Waals surface area contributed by atoms with Crippen LogP contribution in [0.3, 0.4) is 0 Å². The normalized spacial score (nSPS) is 14.3. The molecule has 0 heterocycles. The van der Waals surface area contributed by atoms with Gasteiger partial charge in [0, 0.05) is 6.54 Å². The van der Waals surface area contributed by atoms with E-state index in [0.29, 0.717) is 6.61 Å². The standard InChI is InChI=1S/C10H19NO4/c1-4-5-15-7-9(12)6-11-8(2)10(13)14-3/h4,8-9,11-12H,1,5-7H2,2-3H3/t8-,9?/m0/s1. The van der Waals surface area contributed by atoms with Crippen LogP contribution in [0.1, 0.15) is 6.92 Å². The van der Waals surface area contributed by atoms with Gasteiger partial charge in [0.05, 0.1) is 26.4 Å². The fraction of sp³-hybridized carbons (Fsp3) is 0.700. The fourth-order valence-corrected chi connectivity index (χ4v) is 0.919. The molecule has 88 valence electrons. The number of aliphatic hydroxyl groups excluding tert-OH is 1. The molecule has 0 spiro atoms. The fourth-order valence-electron chi connectivity index (χ4n) is 0.919. The summed E-state index contributed by atoms with van der Waals surface area (Å²) in [4.78, 5) is 11.0. The molecule has 0 aliphatic heterocycles.